The highest BCUT2D eigenvalue weighted by Crippen LogP contribution is 2.26. The van der Waals surface area contributed by atoms with Crippen molar-refractivity contribution in [3.63, 3.8) is 0 Å². The fourth-order valence-corrected chi connectivity index (χ4v) is 2.37. The molecule has 0 spiro atoms. The summed E-state index contributed by atoms with van der Waals surface area (Å²) in [5, 5.41) is 0.348. The Morgan fingerprint density at radius 2 is 2.06 bits per heavy atom. The lowest BCUT2D eigenvalue weighted by molar-refractivity contribution is 0.322. The van der Waals surface area contributed by atoms with E-state index in [4.69, 9.17) is 11.6 Å². The fraction of sp³-hybridized carbons (Fsp3) is 0.667. The van der Waals surface area contributed by atoms with Crippen LogP contribution in [0.3, 0.4) is 0 Å². The first-order valence-electron chi connectivity index (χ1n) is 5.82. The zero-order valence-electron chi connectivity index (χ0n) is 10.1. The maximum atomic E-state index is 5.89. The highest BCUT2D eigenvalue weighted by atomic mass is 35.5. The van der Waals surface area contributed by atoms with Gasteiger partial charge < -0.3 is 4.90 Å². The van der Waals surface area contributed by atoms with E-state index in [9.17, 15) is 0 Å². The zero-order valence-corrected chi connectivity index (χ0v) is 10.8. The predicted molar refractivity (Wildman–Crippen MR) is 66.9 cm³/mol. The summed E-state index contributed by atoms with van der Waals surface area (Å²) >= 11 is 5.89. The van der Waals surface area contributed by atoms with Crippen molar-refractivity contribution in [2.45, 2.75) is 27.2 Å². The summed E-state index contributed by atoms with van der Waals surface area (Å²) in [6, 6.07) is 2.01. The predicted octanol–water partition coefficient (Wildman–Crippen LogP) is 2.92. The standard InChI is InChI=1S/C12H18ClN3/c1-8-4-5-16(7-9(8)2)11-6-10(3)14-12(13)15-11/h6,8-9H,4-5,7H2,1-3H3. The molecule has 4 heteroatoms. The van der Waals surface area contributed by atoms with Crippen LogP contribution in [0.1, 0.15) is 26.0 Å². The Kier molecular flexibility index (Phi) is 3.33. The number of nitrogens with zero attached hydrogens (tertiary/aromatic N) is 3. The molecule has 1 saturated heterocycles. The lowest BCUT2D eigenvalue weighted by atomic mass is 9.89. The lowest BCUT2D eigenvalue weighted by Gasteiger charge is -2.36. The number of hydrogen-bond donors (Lipinski definition) is 0. The Hall–Kier alpha value is -0.830. The fourth-order valence-electron chi connectivity index (χ4n) is 2.15. The van der Waals surface area contributed by atoms with E-state index >= 15 is 0 Å². The molecule has 2 heterocycles. The minimum Gasteiger partial charge on any atom is -0.356 e. The molecular weight excluding hydrogens is 222 g/mol. The van der Waals surface area contributed by atoms with Gasteiger partial charge in [-0.15, -0.1) is 0 Å². The number of aryl methyl sites for hydroxylation is 1. The number of aromatic nitrogens is 2. The molecule has 0 N–H and O–H groups in total. The van der Waals surface area contributed by atoms with Crippen molar-refractivity contribution in [2.75, 3.05) is 18.0 Å². The van der Waals surface area contributed by atoms with Gasteiger partial charge in [0.1, 0.15) is 5.82 Å². The summed E-state index contributed by atoms with van der Waals surface area (Å²) in [5.74, 6) is 2.48. The monoisotopic (exact) mass is 239 g/mol. The molecule has 0 bridgehead atoms. The van der Waals surface area contributed by atoms with E-state index in [2.05, 4.69) is 28.7 Å². The SMILES string of the molecule is Cc1cc(N2CCC(C)C(C)C2)nc(Cl)n1. The second-order valence-electron chi connectivity index (χ2n) is 4.83. The summed E-state index contributed by atoms with van der Waals surface area (Å²) < 4.78 is 0. The Morgan fingerprint density at radius 1 is 1.31 bits per heavy atom. The number of anilines is 1. The van der Waals surface area contributed by atoms with E-state index < -0.39 is 0 Å². The quantitative estimate of drug-likeness (QED) is 0.706. The normalized spacial score (nSPS) is 25.9. The smallest absolute Gasteiger partial charge is 0.224 e. The second-order valence-corrected chi connectivity index (χ2v) is 5.16. The second kappa shape index (κ2) is 4.58. The van der Waals surface area contributed by atoms with Gasteiger partial charge in [-0.2, -0.15) is 0 Å². The van der Waals surface area contributed by atoms with Crippen LogP contribution in [0.5, 0.6) is 0 Å². The zero-order chi connectivity index (χ0) is 11.7. The molecule has 1 aliphatic rings. The molecule has 0 aromatic carbocycles. The average molecular weight is 240 g/mol. The topological polar surface area (TPSA) is 29.0 Å². The highest BCUT2D eigenvalue weighted by Gasteiger charge is 2.23. The van der Waals surface area contributed by atoms with Crippen LogP contribution in [-0.4, -0.2) is 23.1 Å². The van der Waals surface area contributed by atoms with Gasteiger partial charge in [-0.05, 0) is 36.8 Å². The highest BCUT2D eigenvalue weighted by molar-refractivity contribution is 6.28. The maximum Gasteiger partial charge on any atom is 0.224 e. The average Bonchev–Trinajstić information content (AvgIpc) is 2.20. The molecule has 16 heavy (non-hydrogen) atoms. The molecule has 1 aliphatic heterocycles. The van der Waals surface area contributed by atoms with Crippen LogP contribution in [-0.2, 0) is 0 Å². The van der Waals surface area contributed by atoms with Gasteiger partial charge in [-0.25, -0.2) is 9.97 Å². The summed E-state index contributed by atoms with van der Waals surface area (Å²) in [4.78, 5) is 10.7. The molecule has 88 valence electrons. The van der Waals surface area contributed by atoms with Crippen LogP contribution in [0.25, 0.3) is 0 Å². The van der Waals surface area contributed by atoms with Gasteiger partial charge in [0.2, 0.25) is 5.28 Å². The molecule has 3 nitrogen and oxygen atoms in total. The Bertz CT molecular complexity index is 360. The van der Waals surface area contributed by atoms with Crippen molar-refractivity contribution in [3.8, 4) is 0 Å². The largest absolute Gasteiger partial charge is 0.356 e. The number of hydrogen-bond acceptors (Lipinski definition) is 3. The Morgan fingerprint density at radius 3 is 2.69 bits per heavy atom. The van der Waals surface area contributed by atoms with Gasteiger partial charge in [0.25, 0.3) is 0 Å². The maximum absolute atomic E-state index is 5.89. The van der Waals surface area contributed by atoms with Crippen molar-refractivity contribution in [3.05, 3.63) is 17.0 Å². The molecule has 1 fully saturated rings. The van der Waals surface area contributed by atoms with E-state index in [1.807, 2.05) is 13.0 Å². The van der Waals surface area contributed by atoms with Gasteiger partial charge in [0.05, 0.1) is 0 Å². The third-order valence-corrected chi connectivity index (χ3v) is 3.64. The van der Waals surface area contributed by atoms with E-state index in [1.165, 1.54) is 6.42 Å². The molecule has 1 aromatic rings. The molecule has 0 amide bonds. The Balaban J connectivity index is 2.18. The van der Waals surface area contributed by atoms with Gasteiger partial charge in [-0.1, -0.05) is 13.8 Å². The molecule has 0 aliphatic carbocycles. The van der Waals surface area contributed by atoms with Crippen LogP contribution in [0.15, 0.2) is 6.07 Å². The lowest BCUT2D eigenvalue weighted by Crippen LogP contribution is -2.38. The van der Waals surface area contributed by atoms with Crippen LogP contribution in [0.4, 0.5) is 5.82 Å². The summed E-state index contributed by atoms with van der Waals surface area (Å²) in [6.07, 6.45) is 1.22. The van der Waals surface area contributed by atoms with E-state index in [1.54, 1.807) is 0 Å². The molecule has 2 unspecified atom stereocenters. The summed E-state index contributed by atoms with van der Waals surface area (Å²) in [6.45, 7) is 8.70. The molecule has 0 saturated carbocycles. The molecular formula is C12H18ClN3. The van der Waals surface area contributed by atoms with E-state index in [0.29, 0.717) is 11.2 Å². The molecule has 2 atom stereocenters. The third kappa shape index (κ3) is 2.46. The van der Waals surface area contributed by atoms with Crippen molar-refractivity contribution in [2.24, 2.45) is 11.8 Å². The minimum atomic E-state index is 0.348. The molecule has 0 radical (unpaired) electrons. The van der Waals surface area contributed by atoms with Crippen molar-refractivity contribution in [1.29, 1.82) is 0 Å². The molecule has 1 aromatic heterocycles. The summed E-state index contributed by atoms with van der Waals surface area (Å²) in [7, 11) is 0. The first-order chi connectivity index (χ1) is 7.56. The van der Waals surface area contributed by atoms with Crippen LogP contribution in [0.2, 0.25) is 5.28 Å². The van der Waals surface area contributed by atoms with Crippen molar-refractivity contribution >= 4 is 17.4 Å². The van der Waals surface area contributed by atoms with Crippen LogP contribution in [0, 0.1) is 18.8 Å². The van der Waals surface area contributed by atoms with Crippen LogP contribution < -0.4 is 4.90 Å². The van der Waals surface area contributed by atoms with Crippen LogP contribution >= 0.6 is 11.6 Å². The van der Waals surface area contributed by atoms with Gasteiger partial charge in [0.15, 0.2) is 0 Å². The Labute approximate surface area is 102 Å². The first-order valence-corrected chi connectivity index (χ1v) is 6.20. The molecule has 2 rings (SSSR count). The van der Waals surface area contributed by atoms with Gasteiger partial charge in [-0.3, -0.25) is 0 Å². The number of halogens is 1. The van der Waals surface area contributed by atoms with Crippen molar-refractivity contribution in [1.82, 2.24) is 9.97 Å². The first kappa shape index (κ1) is 11.6. The third-order valence-electron chi connectivity index (χ3n) is 3.47. The number of rotatable bonds is 1. The van der Waals surface area contributed by atoms with E-state index in [-0.39, 0.29) is 0 Å². The number of piperidine rings is 1. The van der Waals surface area contributed by atoms with E-state index in [0.717, 1.165) is 30.5 Å². The minimum absolute atomic E-state index is 0.348. The summed E-state index contributed by atoms with van der Waals surface area (Å²) in [5.41, 5.74) is 0.932. The van der Waals surface area contributed by atoms with Crippen molar-refractivity contribution < 1.29 is 0 Å². The van der Waals surface area contributed by atoms with Gasteiger partial charge >= 0.3 is 0 Å². The van der Waals surface area contributed by atoms with Gasteiger partial charge in [0, 0.05) is 24.8 Å².